The van der Waals surface area contributed by atoms with Crippen LogP contribution in [-0.4, -0.2) is 15.6 Å². The second-order valence-corrected chi connectivity index (χ2v) is 6.97. The lowest BCUT2D eigenvalue weighted by Gasteiger charge is -2.13. The maximum atomic E-state index is 13.4. The second-order valence-electron chi connectivity index (χ2n) is 6.97. The molecular weight excluding hydrogens is 355 g/mol. The van der Waals surface area contributed by atoms with Crippen LogP contribution in [0.4, 0.5) is 4.39 Å². The third-order valence-corrected chi connectivity index (χ3v) is 5.06. The van der Waals surface area contributed by atoms with E-state index in [2.05, 4.69) is 11.5 Å². The zero-order chi connectivity index (χ0) is 20.3. The minimum Gasteiger partial charge on any atom is -0.508 e. The van der Waals surface area contributed by atoms with E-state index in [9.17, 15) is 14.3 Å². The van der Waals surface area contributed by atoms with E-state index in [0.29, 0.717) is 12.1 Å². The fourth-order valence-corrected chi connectivity index (χ4v) is 3.73. The lowest BCUT2D eigenvalue weighted by Crippen LogP contribution is -2.14. The molecule has 1 amide bonds. The zero-order valence-corrected chi connectivity index (χ0v) is 16.2. The van der Waals surface area contributed by atoms with Crippen LogP contribution in [0, 0.1) is 12.7 Å². The van der Waals surface area contributed by atoms with Crippen LogP contribution in [0.3, 0.4) is 0 Å². The number of rotatable bonds is 7. The molecule has 0 unspecified atom stereocenters. The molecule has 5 heteroatoms. The Balaban J connectivity index is 2.08. The molecule has 0 fully saturated rings. The molecule has 3 rings (SSSR count). The lowest BCUT2D eigenvalue weighted by atomic mass is 9.98. The van der Waals surface area contributed by atoms with E-state index in [4.69, 9.17) is 5.73 Å². The van der Waals surface area contributed by atoms with Crippen LogP contribution in [0.15, 0.2) is 48.5 Å². The topological polar surface area (TPSA) is 68.2 Å². The number of carbonyl (C=O) groups is 1. The Morgan fingerprint density at radius 1 is 1.07 bits per heavy atom. The molecule has 0 atom stereocenters. The Labute approximate surface area is 164 Å². The number of primary amides is 1. The van der Waals surface area contributed by atoms with E-state index in [-0.39, 0.29) is 11.6 Å². The summed E-state index contributed by atoms with van der Waals surface area (Å²) in [6, 6.07) is 13.3. The monoisotopic (exact) mass is 380 g/mol. The number of halogens is 1. The number of aromatic hydroxyl groups is 1. The van der Waals surface area contributed by atoms with Gasteiger partial charge in [0.05, 0.1) is 5.56 Å². The van der Waals surface area contributed by atoms with Crippen LogP contribution >= 0.6 is 0 Å². The fraction of sp³-hybridized carbons (Fsp3) is 0.261. The van der Waals surface area contributed by atoms with E-state index in [0.717, 1.165) is 47.3 Å². The summed E-state index contributed by atoms with van der Waals surface area (Å²) in [5.74, 6) is -0.551. The number of benzene rings is 2. The summed E-state index contributed by atoms with van der Waals surface area (Å²) in [7, 11) is 0. The first-order valence-corrected chi connectivity index (χ1v) is 9.48. The van der Waals surface area contributed by atoms with E-state index in [1.165, 1.54) is 12.1 Å². The van der Waals surface area contributed by atoms with Gasteiger partial charge in [-0.3, -0.25) is 4.79 Å². The quantitative estimate of drug-likeness (QED) is 0.629. The number of carbonyl (C=O) groups excluding carboxylic acids is 1. The predicted molar refractivity (Wildman–Crippen MR) is 109 cm³/mol. The van der Waals surface area contributed by atoms with Crippen molar-refractivity contribution in [3.05, 3.63) is 76.9 Å². The van der Waals surface area contributed by atoms with Gasteiger partial charge in [-0.25, -0.2) is 4.39 Å². The highest BCUT2D eigenvalue weighted by Crippen LogP contribution is 2.34. The third-order valence-electron chi connectivity index (χ3n) is 5.06. The summed E-state index contributed by atoms with van der Waals surface area (Å²) in [5, 5.41) is 9.46. The summed E-state index contributed by atoms with van der Waals surface area (Å²) in [5.41, 5.74) is 10.8. The molecule has 0 aliphatic heterocycles. The van der Waals surface area contributed by atoms with Gasteiger partial charge >= 0.3 is 0 Å². The zero-order valence-electron chi connectivity index (χ0n) is 16.2. The Hall–Kier alpha value is -3.08. The van der Waals surface area contributed by atoms with Gasteiger partial charge in [-0.15, -0.1) is 0 Å². The van der Waals surface area contributed by atoms with E-state index >= 15 is 0 Å². The van der Waals surface area contributed by atoms with Crippen molar-refractivity contribution in [2.75, 3.05) is 0 Å². The van der Waals surface area contributed by atoms with Crippen molar-refractivity contribution in [1.82, 2.24) is 4.57 Å². The minimum absolute atomic E-state index is 0.238. The summed E-state index contributed by atoms with van der Waals surface area (Å²) >= 11 is 0. The minimum atomic E-state index is -0.474. The van der Waals surface area contributed by atoms with Crippen LogP contribution in [0.2, 0.25) is 0 Å². The van der Waals surface area contributed by atoms with Gasteiger partial charge in [-0.2, -0.15) is 0 Å². The number of hydrogen-bond acceptors (Lipinski definition) is 2. The van der Waals surface area contributed by atoms with Crippen LogP contribution in [0.25, 0.3) is 11.1 Å². The smallest absolute Gasteiger partial charge is 0.251 e. The van der Waals surface area contributed by atoms with E-state index < -0.39 is 5.91 Å². The summed E-state index contributed by atoms with van der Waals surface area (Å²) < 4.78 is 15.6. The lowest BCUT2D eigenvalue weighted by molar-refractivity contribution is 0.1000. The highest BCUT2D eigenvalue weighted by molar-refractivity contribution is 6.02. The first-order chi connectivity index (χ1) is 13.4. The molecule has 1 aromatic heterocycles. The fourth-order valence-electron chi connectivity index (χ4n) is 3.73. The van der Waals surface area contributed by atoms with Crippen molar-refractivity contribution in [2.45, 2.75) is 39.7 Å². The summed E-state index contributed by atoms with van der Waals surface area (Å²) in [4.78, 5) is 12.3. The number of nitrogens with zero attached hydrogens (tertiary/aromatic N) is 1. The number of aryl methyl sites for hydroxylation is 1. The molecule has 2 aromatic carbocycles. The molecule has 3 aromatic rings. The number of phenols is 1. The van der Waals surface area contributed by atoms with Crippen LogP contribution in [0.1, 0.15) is 40.7 Å². The standard InChI is InChI=1S/C23H25FN2O2/c1-3-4-20-22(17-7-9-18(24)10-8-17)21(23(25)28)15(2)26(20)14-13-16-5-11-19(27)12-6-16/h5-12,27H,3-4,13-14H2,1-2H3,(H2,25,28). The molecule has 0 radical (unpaired) electrons. The molecule has 0 saturated carbocycles. The molecule has 0 aliphatic rings. The highest BCUT2D eigenvalue weighted by Gasteiger charge is 2.24. The Morgan fingerprint density at radius 2 is 1.71 bits per heavy atom. The number of amides is 1. The Kier molecular flexibility index (Phi) is 5.83. The maximum Gasteiger partial charge on any atom is 0.251 e. The van der Waals surface area contributed by atoms with Crippen molar-refractivity contribution in [3.8, 4) is 16.9 Å². The highest BCUT2D eigenvalue weighted by atomic mass is 19.1. The van der Waals surface area contributed by atoms with E-state index in [1.54, 1.807) is 24.3 Å². The first-order valence-electron chi connectivity index (χ1n) is 9.48. The van der Waals surface area contributed by atoms with Gasteiger partial charge in [0.15, 0.2) is 0 Å². The van der Waals surface area contributed by atoms with Gasteiger partial charge < -0.3 is 15.4 Å². The molecule has 3 N–H and O–H groups in total. The molecule has 1 heterocycles. The van der Waals surface area contributed by atoms with Crippen molar-refractivity contribution < 1.29 is 14.3 Å². The van der Waals surface area contributed by atoms with Crippen molar-refractivity contribution >= 4 is 5.91 Å². The van der Waals surface area contributed by atoms with Gasteiger partial charge in [-0.05, 0) is 55.2 Å². The second kappa shape index (κ2) is 8.30. The van der Waals surface area contributed by atoms with Crippen LogP contribution in [-0.2, 0) is 19.4 Å². The molecule has 0 bridgehead atoms. The molecule has 146 valence electrons. The maximum absolute atomic E-state index is 13.4. The Morgan fingerprint density at radius 3 is 2.29 bits per heavy atom. The normalized spacial score (nSPS) is 11.0. The molecule has 0 aliphatic carbocycles. The number of phenolic OH excluding ortho intramolecular Hbond substituents is 1. The van der Waals surface area contributed by atoms with Crippen LogP contribution in [0.5, 0.6) is 5.75 Å². The predicted octanol–water partition coefficient (Wildman–Crippen LogP) is 4.60. The van der Waals surface area contributed by atoms with E-state index in [1.807, 2.05) is 19.1 Å². The molecule has 4 nitrogen and oxygen atoms in total. The molecule has 28 heavy (non-hydrogen) atoms. The number of hydrogen-bond donors (Lipinski definition) is 2. The number of nitrogens with two attached hydrogens (primary N) is 1. The van der Waals surface area contributed by atoms with Gasteiger partial charge in [0.25, 0.3) is 5.91 Å². The average Bonchev–Trinajstić information content (AvgIpc) is 2.94. The van der Waals surface area contributed by atoms with Crippen LogP contribution < -0.4 is 5.73 Å². The molecule has 0 spiro atoms. The van der Waals surface area contributed by atoms with Gasteiger partial charge in [0.2, 0.25) is 0 Å². The average molecular weight is 380 g/mol. The SMILES string of the molecule is CCCc1c(-c2ccc(F)cc2)c(C(N)=O)c(C)n1CCc1ccc(O)cc1. The summed E-state index contributed by atoms with van der Waals surface area (Å²) in [6.07, 6.45) is 2.46. The molecule has 0 saturated heterocycles. The Bertz CT molecular complexity index is 973. The summed E-state index contributed by atoms with van der Waals surface area (Å²) in [6.45, 7) is 4.68. The van der Waals surface area contributed by atoms with Crippen molar-refractivity contribution in [3.63, 3.8) is 0 Å². The first kappa shape index (κ1) is 19.7. The van der Waals surface area contributed by atoms with Gasteiger partial charge in [0, 0.05) is 23.5 Å². The number of aromatic nitrogens is 1. The van der Waals surface area contributed by atoms with Gasteiger partial charge in [0.1, 0.15) is 11.6 Å². The largest absolute Gasteiger partial charge is 0.508 e. The van der Waals surface area contributed by atoms with Crippen molar-refractivity contribution in [1.29, 1.82) is 0 Å². The molecular formula is C23H25FN2O2. The van der Waals surface area contributed by atoms with Gasteiger partial charge in [-0.1, -0.05) is 37.6 Å². The third kappa shape index (κ3) is 3.93. The van der Waals surface area contributed by atoms with Crippen molar-refractivity contribution in [2.24, 2.45) is 5.73 Å².